The number of carbonyl (C=O) groups is 1. The van der Waals surface area contributed by atoms with Crippen molar-refractivity contribution in [2.24, 2.45) is 0 Å². The number of aromatic amines is 1. The van der Waals surface area contributed by atoms with Crippen molar-refractivity contribution in [2.45, 2.75) is 0 Å². The van der Waals surface area contributed by atoms with Crippen molar-refractivity contribution >= 4 is 23.1 Å². The SMILES string of the molecule is CNC(=O)Nc1ncc2[nH]cnc2n1. The van der Waals surface area contributed by atoms with E-state index >= 15 is 0 Å². The Hall–Kier alpha value is -2.18. The Bertz CT molecular complexity index is 464. The first-order valence-corrected chi connectivity index (χ1v) is 3.94. The highest BCUT2D eigenvalue weighted by molar-refractivity contribution is 5.87. The predicted molar refractivity (Wildman–Crippen MR) is 49.8 cm³/mol. The van der Waals surface area contributed by atoms with Gasteiger partial charge < -0.3 is 10.3 Å². The van der Waals surface area contributed by atoms with Gasteiger partial charge in [0.05, 0.1) is 12.5 Å². The van der Waals surface area contributed by atoms with Crippen LogP contribution < -0.4 is 10.6 Å². The van der Waals surface area contributed by atoms with Crippen molar-refractivity contribution < 1.29 is 4.79 Å². The van der Waals surface area contributed by atoms with Crippen LogP contribution in [0, 0.1) is 0 Å². The van der Waals surface area contributed by atoms with Crippen LogP contribution in [-0.4, -0.2) is 33.0 Å². The van der Waals surface area contributed by atoms with E-state index < -0.39 is 0 Å². The minimum absolute atomic E-state index is 0.226. The molecule has 7 heteroatoms. The fourth-order valence-electron chi connectivity index (χ4n) is 0.960. The van der Waals surface area contributed by atoms with Gasteiger partial charge >= 0.3 is 6.03 Å². The van der Waals surface area contributed by atoms with Gasteiger partial charge in [0.15, 0.2) is 5.65 Å². The molecule has 0 aromatic carbocycles. The number of nitrogens with zero attached hydrogens (tertiary/aromatic N) is 3. The Morgan fingerprint density at radius 1 is 1.50 bits per heavy atom. The Kier molecular flexibility index (Phi) is 1.98. The summed E-state index contributed by atoms with van der Waals surface area (Å²) in [5, 5.41) is 4.84. The van der Waals surface area contributed by atoms with E-state index in [-0.39, 0.29) is 12.0 Å². The molecule has 0 bridgehead atoms. The van der Waals surface area contributed by atoms with Gasteiger partial charge in [0.2, 0.25) is 5.95 Å². The molecule has 0 aliphatic carbocycles. The number of aromatic nitrogens is 4. The molecule has 0 saturated heterocycles. The second-order valence-electron chi connectivity index (χ2n) is 2.54. The van der Waals surface area contributed by atoms with Crippen molar-refractivity contribution in [3.05, 3.63) is 12.5 Å². The van der Waals surface area contributed by atoms with Crippen molar-refractivity contribution in [1.29, 1.82) is 0 Å². The van der Waals surface area contributed by atoms with Gasteiger partial charge in [0.1, 0.15) is 5.52 Å². The first-order chi connectivity index (χ1) is 6.79. The Morgan fingerprint density at radius 3 is 3.14 bits per heavy atom. The summed E-state index contributed by atoms with van der Waals surface area (Å²) >= 11 is 0. The number of rotatable bonds is 1. The zero-order chi connectivity index (χ0) is 9.97. The van der Waals surface area contributed by atoms with E-state index in [9.17, 15) is 4.79 Å². The number of anilines is 1. The number of fused-ring (bicyclic) bond motifs is 1. The Balaban J connectivity index is 2.30. The lowest BCUT2D eigenvalue weighted by atomic mass is 10.6. The number of amides is 2. The van der Waals surface area contributed by atoms with E-state index in [1.54, 1.807) is 6.20 Å². The van der Waals surface area contributed by atoms with Crippen LogP contribution >= 0.6 is 0 Å². The van der Waals surface area contributed by atoms with Crippen molar-refractivity contribution in [2.75, 3.05) is 12.4 Å². The predicted octanol–water partition coefficient (Wildman–Crippen LogP) is 0.104. The Labute approximate surface area is 79.0 Å². The van der Waals surface area contributed by atoms with Gasteiger partial charge in [-0.2, -0.15) is 4.98 Å². The van der Waals surface area contributed by atoms with Crippen LogP contribution in [0.2, 0.25) is 0 Å². The summed E-state index contributed by atoms with van der Waals surface area (Å²) < 4.78 is 0. The lowest BCUT2D eigenvalue weighted by molar-refractivity contribution is 0.254. The smallest absolute Gasteiger partial charge is 0.321 e. The molecule has 0 unspecified atom stereocenters. The minimum atomic E-state index is -0.361. The third-order valence-corrected chi connectivity index (χ3v) is 1.63. The standard InChI is InChI=1S/C7H8N6O/c1-8-7(14)13-6-9-2-4-5(12-6)11-3-10-4/h2-3H,1H3,(H3,8,9,10,11,12,13,14). The summed E-state index contributed by atoms with van der Waals surface area (Å²) in [6.45, 7) is 0. The summed E-state index contributed by atoms with van der Waals surface area (Å²) in [5.41, 5.74) is 1.25. The second-order valence-corrected chi connectivity index (χ2v) is 2.54. The molecule has 2 aromatic heterocycles. The highest BCUT2D eigenvalue weighted by Crippen LogP contribution is 2.06. The molecular formula is C7H8N6O. The molecule has 2 heterocycles. The molecule has 14 heavy (non-hydrogen) atoms. The van der Waals surface area contributed by atoms with Gasteiger partial charge in [-0.1, -0.05) is 0 Å². The molecular weight excluding hydrogens is 184 g/mol. The summed E-state index contributed by atoms with van der Waals surface area (Å²) in [4.78, 5) is 25.6. The first-order valence-electron chi connectivity index (χ1n) is 3.94. The van der Waals surface area contributed by atoms with Gasteiger partial charge in [0, 0.05) is 7.05 Å². The molecule has 0 fully saturated rings. The molecule has 7 nitrogen and oxygen atoms in total. The molecule has 0 aliphatic rings. The van der Waals surface area contributed by atoms with E-state index in [1.807, 2.05) is 0 Å². The highest BCUT2D eigenvalue weighted by Gasteiger charge is 2.03. The molecule has 72 valence electrons. The molecule has 0 radical (unpaired) electrons. The molecule has 0 atom stereocenters. The second kappa shape index (κ2) is 3.29. The largest absolute Gasteiger partial charge is 0.342 e. The van der Waals surface area contributed by atoms with E-state index in [0.29, 0.717) is 5.65 Å². The maximum absolute atomic E-state index is 10.9. The first kappa shape index (κ1) is 8.42. The third-order valence-electron chi connectivity index (χ3n) is 1.63. The zero-order valence-corrected chi connectivity index (χ0v) is 7.40. The number of H-pyrrole nitrogens is 1. The van der Waals surface area contributed by atoms with Gasteiger partial charge in [-0.05, 0) is 0 Å². The van der Waals surface area contributed by atoms with Crippen molar-refractivity contribution in [3.8, 4) is 0 Å². The van der Waals surface area contributed by atoms with Crippen LogP contribution in [-0.2, 0) is 0 Å². The van der Waals surface area contributed by atoms with Crippen LogP contribution in [0.3, 0.4) is 0 Å². The quantitative estimate of drug-likeness (QED) is 0.597. The van der Waals surface area contributed by atoms with Gasteiger partial charge in [-0.15, -0.1) is 0 Å². The normalized spacial score (nSPS) is 10.1. The number of urea groups is 1. The number of hydrogen-bond acceptors (Lipinski definition) is 4. The summed E-state index contributed by atoms with van der Waals surface area (Å²) in [6, 6.07) is -0.361. The van der Waals surface area contributed by atoms with E-state index in [1.165, 1.54) is 13.4 Å². The fourth-order valence-corrected chi connectivity index (χ4v) is 0.960. The fraction of sp³-hybridized carbons (Fsp3) is 0.143. The van der Waals surface area contributed by atoms with Crippen molar-refractivity contribution in [3.63, 3.8) is 0 Å². The number of carbonyl (C=O) groups excluding carboxylic acids is 1. The van der Waals surface area contributed by atoms with Crippen LogP contribution in [0.1, 0.15) is 0 Å². The monoisotopic (exact) mass is 192 g/mol. The van der Waals surface area contributed by atoms with Crippen LogP contribution in [0.5, 0.6) is 0 Å². The summed E-state index contributed by atoms with van der Waals surface area (Å²) in [7, 11) is 1.52. The van der Waals surface area contributed by atoms with Crippen LogP contribution in [0.4, 0.5) is 10.7 Å². The number of nitrogens with one attached hydrogen (secondary N) is 3. The topological polar surface area (TPSA) is 95.6 Å². The molecule has 2 rings (SSSR count). The van der Waals surface area contributed by atoms with Gasteiger partial charge in [-0.25, -0.2) is 14.8 Å². The summed E-state index contributed by atoms with van der Waals surface area (Å²) in [5.74, 6) is 0.226. The lowest BCUT2D eigenvalue weighted by Gasteiger charge is -2.00. The van der Waals surface area contributed by atoms with E-state index in [4.69, 9.17) is 0 Å². The van der Waals surface area contributed by atoms with Gasteiger partial charge in [-0.3, -0.25) is 5.32 Å². The number of imidazole rings is 1. The summed E-state index contributed by atoms with van der Waals surface area (Å²) in [6.07, 6.45) is 3.07. The van der Waals surface area contributed by atoms with E-state index in [2.05, 4.69) is 30.6 Å². The Morgan fingerprint density at radius 2 is 2.36 bits per heavy atom. The average molecular weight is 192 g/mol. The molecule has 0 saturated carbocycles. The number of hydrogen-bond donors (Lipinski definition) is 3. The van der Waals surface area contributed by atoms with Crippen molar-refractivity contribution in [1.82, 2.24) is 25.3 Å². The van der Waals surface area contributed by atoms with Gasteiger partial charge in [0.25, 0.3) is 0 Å². The van der Waals surface area contributed by atoms with E-state index in [0.717, 1.165) is 5.52 Å². The average Bonchev–Trinajstić information content (AvgIpc) is 2.64. The molecule has 2 aromatic rings. The zero-order valence-electron chi connectivity index (χ0n) is 7.40. The maximum Gasteiger partial charge on any atom is 0.321 e. The third kappa shape index (κ3) is 1.47. The van der Waals surface area contributed by atoms with Crippen LogP contribution in [0.25, 0.3) is 11.2 Å². The molecule has 0 spiro atoms. The molecule has 3 N–H and O–H groups in total. The molecule has 2 amide bonds. The maximum atomic E-state index is 10.9. The lowest BCUT2D eigenvalue weighted by Crippen LogP contribution is -2.25. The molecule has 0 aliphatic heterocycles. The van der Waals surface area contributed by atoms with Crippen LogP contribution in [0.15, 0.2) is 12.5 Å². The minimum Gasteiger partial charge on any atom is -0.342 e. The highest BCUT2D eigenvalue weighted by atomic mass is 16.2.